The molecule has 0 saturated carbocycles. The molecule has 1 unspecified atom stereocenters. The SMILES string of the molecule is CCCC(=O)Oc1c(C(C)CC)cc(C(C)(C)C)cc1-n1nc2ccccc2n1. The first kappa shape index (κ1) is 21.0. The molecule has 0 amide bonds. The van der Waals surface area contributed by atoms with Crippen LogP contribution >= 0.6 is 0 Å². The Morgan fingerprint density at radius 3 is 2.24 bits per heavy atom. The van der Waals surface area contributed by atoms with Gasteiger partial charge in [-0.15, -0.1) is 15.0 Å². The van der Waals surface area contributed by atoms with E-state index in [1.807, 2.05) is 31.2 Å². The Kier molecular flexibility index (Phi) is 6.06. The van der Waals surface area contributed by atoms with Gasteiger partial charge in [0.15, 0.2) is 5.75 Å². The molecule has 0 N–H and O–H groups in total. The van der Waals surface area contributed by atoms with Crippen LogP contribution in [-0.2, 0) is 10.2 Å². The van der Waals surface area contributed by atoms with Crippen molar-refractivity contribution in [3.63, 3.8) is 0 Å². The van der Waals surface area contributed by atoms with Gasteiger partial charge in [-0.25, -0.2) is 0 Å². The molecule has 0 bridgehead atoms. The van der Waals surface area contributed by atoms with Crippen LogP contribution in [0.2, 0.25) is 0 Å². The summed E-state index contributed by atoms with van der Waals surface area (Å²) in [6.07, 6.45) is 2.08. The van der Waals surface area contributed by atoms with E-state index in [0.717, 1.165) is 29.4 Å². The predicted molar refractivity (Wildman–Crippen MR) is 117 cm³/mol. The average molecular weight is 394 g/mol. The van der Waals surface area contributed by atoms with E-state index in [1.165, 1.54) is 5.56 Å². The van der Waals surface area contributed by atoms with Gasteiger partial charge in [0.05, 0.1) is 0 Å². The maximum atomic E-state index is 12.4. The lowest BCUT2D eigenvalue weighted by Crippen LogP contribution is -2.17. The molecule has 1 aromatic heterocycles. The van der Waals surface area contributed by atoms with E-state index in [1.54, 1.807) is 4.80 Å². The largest absolute Gasteiger partial charge is 0.424 e. The number of esters is 1. The number of hydrogen-bond donors (Lipinski definition) is 0. The molecule has 0 fully saturated rings. The van der Waals surface area contributed by atoms with Crippen LogP contribution in [0.25, 0.3) is 16.7 Å². The first-order valence-corrected chi connectivity index (χ1v) is 10.5. The highest BCUT2D eigenvalue weighted by Crippen LogP contribution is 2.39. The molecule has 2 aromatic carbocycles. The zero-order valence-corrected chi connectivity index (χ0v) is 18.3. The second-order valence-corrected chi connectivity index (χ2v) is 8.68. The second-order valence-electron chi connectivity index (χ2n) is 8.68. The van der Waals surface area contributed by atoms with Crippen LogP contribution in [0.15, 0.2) is 36.4 Å². The van der Waals surface area contributed by atoms with Crippen LogP contribution in [0.5, 0.6) is 5.75 Å². The quantitative estimate of drug-likeness (QED) is 0.384. The van der Waals surface area contributed by atoms with Crippen molar-refractivity contribution in [3.8, 4) is 11.4 Å². The smallest absolute Gasteiger partial charge is 0.311 e. The van der Waals surface area contributed by atoms with Gasteiger partial charge in [-0.2, -0.15) is 0 Å². The van der Waals surface area contributed by atoms with E-state index in [0.29, 0.717) is 17.9 Å². The van der Waals surface area contributed by atoms with E-state index in [2.05, 4.69) is 56.9 Å². The lowest BCUT2D eigenvalue weighted by Gasteiger charge is -2.25. The maximum absolute atomic E-state index is 12.4. The van der Waals surface area contributed by atoms with Gasteiger partial charge >= 0.3 is 5.97 Å². The van der Waals surface area contributed by atoms with Crippen LogP contribution in [-0.4, -0.2) is 21.0 Å². The predicted octanol–water partition coefficient (Wildman–Crippen LogP) is 5.94. The molecule has 0 saturated heterocycles. The molecule has 29 heavy (non-hydrogen) atoms. The summed E-state index contributed by atoms with van der Waals surface area (Å²) in [4.78, 5) is 14.1. The van der Waals surface area contributed by atoms with Gasteiger partial charge in [0.2, 0.25) is 0 Å². The Morgan fingerprint density at radius 1 is 1.10 bits per heavy atom. The zero-order chi connectivity index (χ0) is 21.2. The molecule has 1 atom stereocenters. The Hall–Kier alpha value is -2.69. The highest BCUT2D eigenvalue weighted by molar-refractivity contribution is 5.76. The molecule has 0 aliphatic carbocycles. The number of carbonyl (C=O) groups excluding carboxylic acids is 1. The normalized spacial score (nSPS) is 12.9. The summed E-state index contributed by atoms with van der Waals surface area (Å²) in [5, 5.41) is 9.32. The Bertz CT molecular complexity index is 982. The van der Waals surface area contributed by atoms with E-state index in [-0.39, 0.29) is 17.3 Å². The topological polar surface area (TPSA) is 57.0 Å². The van der Waals surface area contributed by atoms with E-state index in [9.17, 15) is 4.79 Å². The molecular weight excluding hydrogens is 362 g/mol. The van der Waals surface area contributed by atoms with E-state index in [4.69, 9.17) is 4.74 Å². The molecule has 0 spiro atoms. The molecule has 3 aromatic rings. The van der Waals surface area contributed by atoms with Crippen molar-refractivity contribution in [1.29, 1.82) is 0 Å². The van der Waals surface area contributed by atoms with Gasteiger partial charge in [-0.05, 0) is 47.9 Å². The van der Waals surface area contributed by atoms with Crippen molar-refractivity contribution < 1.29 is 9.53 Å². The van der Waals surface area contributed by atoms with E-state index >= 15 is 0 Å². The summed E-state index contributed by atoms with van der Waals surface area (Å²) >= 11 is 0. The fourth-order valence-corrected chi connectivity index (χ4v) is 3.25. The molecule has 5 nitrogen and oxygen atoms in total. The highest BCUT2D eigenvalue weighted by atomic mass is 16.5. The summed E-state index contributed by atoms with van der Waals surface area (Å²) in [5.74, 6) is 0.593. The third kappa shape index (κ3) is 4.50. The number of fused-ring (bicyclic) bond motifs is 1. The summed E-state index contributed by atoms with van der Waals surface area (Å²) in [5.41, 5.74) is 4.47. The monoisotopic (exact) mass is 393 g/mol. The van der Waals surface area contributed by atoms with Gasteiger partial charge in [0, 0.05) is 12.0 Å². The number of carbonyl (C=O) groups is 1. The zero-order valence-electron chi connectivity index (χ0n) is 18.3. The van der Waals surface area contributed by atoms with Crippen molar-refractivity contribution in [2.45, 2.75) is 72.1 Å². The second kappa shape index (κ2) is 8.36. The molecule has 0 radical (unpaired) electrons. The number of rotatable bonds is 6. The number of nitrogens with zero attached hydrogens (tertiary/aromatic N) is 3. The Morgan fingerprint density at radius 2 is 1.72 bits per heavy atom. The number of ether oxygens (including phenoxy) is 1. The molecular formula is C24H31N3O2. The van der Waals surface area contributed by atoms with Crippen molar-refractivity contribution in [1.82, 2.24) is 15.0 Å². The standard InChI is InChI=1S/C24H31N3O2/c1-7-11-22(28)29-23-18(16(3)8-2)14-17(24(4,5)6)15-21(23)27-25-19-12-9-10-13-20(19)26-27/h9-10,12-16H,7-8,11H2,1-6H3. The van der Waals surface area contributed by atoms with Gasteiger partial charge < -0.3 is 4.74 Å². The third-order valence-electron chi connectivity index (χ3n) is 5.28. The van der Waals surface area contributed by atoms with Crippen LogP contribution in [0.3, 0.4) is 0 Å². The summed E-state index contributed by atoms with van der Waals surface area (Å²) < 4.78 is 5.92. The number of aromatic nitrogens is 3. The average Bonchev–Trinajstić information content (AvgIpc) is 3.10. The summed E-state index contributed by atoms with van der Waals surface area (Å²) in [6.45, 7) is 12.8. The minimum Gasteiger partial charge on any atom is -0.424 e. The molecule has 0 aliphatic heterocycles. The minimum atomic E-state index is -0.224. The highest BCUT2D eigenvalue weighted by Gasteiger charge is 2.25. The number of benzene rings is 2. The van der Waals surface area contributed by atoms with Crippen LogP contribution in [0.4, 0.5) is 0 Å². The number of hydrogen-bond acceptors (Lipinski definition) is 4. The van der Waals surface area contributed by atoms with Crippen LogP contribution < -0.4 is 4.74 Å². The van der Waals surface area contributed by atoms with Gasteiger partial charge in [0.1, 0.15) is 16.7 Å². The van der Waals surface area contributed by atoms with E-state index < -0.39 is 0 Å². The van der Waals surface area contributed by atoms with Crippen LogP contribution in [0, 0.1) is 0 Å². The van der Waals surface area contributed by atoms with Crippen molar-refractivity contribution >= 4 is 17.0 Å². The van der Waals surface area contributed by atoms with Gasteiger partial charge in [0.25, 0.3) is 0 Å². The van der Waals surface area contributed by atoms with Crippen molar-refractivity contribution in [2.24, 2.45) is 0 Å². The first-order valence-electron chi connectivity index (χ1n) is 10.5. The Labute approximate surface area is 173 Å². The first-order chi connectivity index (χ1) is 13.7. The fourth-order valence-electron chi connectivity index (χ4n) is 3.25. The van der Waals surface area contributed by atoms with Gasteiger partial charge in [-0.1, -0.05) is 59.7 Å². The Balaban J connectivity index is 2.27. The summed E-state index contributed by atoms with van der Waals surface area (Å²) in [7, 11) is 0. The molecule has 0 aliphatic rings. The molecule has 154 valence electrons. The molecule has 1 heterocycles. The van der Waals surface area contributed by atoms with Crippen molar-refractivity contribution in [3.05, 3.63) is 47.5 Å². The molecule has 3 rings (SSSR count). The maximum Gasteiger partial charge on any atom is 0.311 e. The van der Waals surface area contributed by atoms with Gasteiger partial charge in [-0.3, -0.25) is 4.79 Å². The molecule has 5 heteroatoms. The fraction of sp³-hybridized carbons (Fsp3) is 0.458. The van der Waals surface area contributed by atoms with Crippen molar-refractivity contribution in [2.75, 3.05) is 0 Å². The minimum absolute atomic E-state index is 0.0600. The summed E-state index contributed by atoms with van der Waals surface area (Å²) in [6, 6.07) is 12.0. The third-order valence-corrected chi connectivity index (χ3v) is 5.28. The lowest BCUT2D eigenvalue weighted by molar-refractivity contribution is -0.134. The van der Waals surface area contributed by atoms with Crippen LogP contribution in [0.1, 0.15) is 77.8 Å². The lowest BCUT2D eigenvalue weighted by atomic mass is 9.83.